The zero-order chi connectivity index (χ0) is 10.6. The highest BCUT2D eigenvalue weighted by molar-refractivity contribution is 5.42. The molecule has 0 saturated heterocycles. The van der Waals surface area contributed by atoms with Crippen molar-refractivity contribution in [3.63, 3.8) is 0 Å². The number of hydrogen-bond donors (Lipinski definition) is 2. The Kier molecular flexibility index (Phi) is 3.89. The number of nitrogen functional groups attached to an aromatic ring is 1. The smallest absolute Gasteiger partial charge is 0.150 e. The minimum atomic E-state index is -0.302. The maximum absolute atomic E-state index is 13.4. The molecule has 0 aliphatic rings. The van der Waals surface area contributed by atoms with Gasteiger partial charge in [0, 0.05) is 12.1 Å². The van der Waals surface area contributed by atoms with Gasteiger partial charge in [-0.05, 0) is 18.5 Å². The van der Waals surface area contributed by atoms with Gasteiger partial charge in [-0.15, -0.1) is 0 Å². The topological polar surface area (TPSA) is 38.0 Å². The summed E-state index contributed by atoms with van der Waals surface area (Å²) >= 11 is 0. The van der Waals surface area contributed by atoms with Crippen LogP contribution in [0, 0.1) is 11.7 Å². The molecule has 0 saturated carbocycles. The van der Waals surface area contributed by atoms with Gasteiger partial charge >= 0.3 is 0 Å². The van der Waals surface area contributed by atoms with Crippen LogP contribution < -0.4 is 11.1 Å². The second kappa shape index (κ2) is 4.96. The van der Waals surface area contributed by atoms with E-state index in [-0.39, 0.29) is 11.5 Å². The highest BCUT2D eigenvalue weighted by atomic mass is 19.1. The molecule has 0 aliphatic carbocycles. The van der Waals surface area contributed by atoms with Gasteiger partial charge in [0.15, 0.2) is 5.82 Å². The molecule has 2 nitrogen and oxygen atoms in total. The summed E-state index contributed by atoms with van der Waals surface area (Å²) in [6, 6.07) is 5.09. The Morgan fingerprint density at radius 1 is 1.43 bits per heavy atom. The minimum absolute atomic E-state index is 0.217. The van der Waals surface area contributed by atoms with Crippen LogP contribution in [0.1, 0.15) is 19.4 Å². The van der Waals surface area contributed by atoms with Crippen LogP contribution >= 0.6 is 0 Å². The van der Waals surface area contributed by atoms with Crippen molar-refractivity contribution in [3.05, 3.63) is 29.6 Å². The fourth-order valence-corrected chi connectivity index (χ4v) is 1.23. The van der Waals surface area contributed by atoms with E-state index in [2.05, 4.69) is 19.2 Å². The van der Waals surface area contributed by atoms with E-state index in [0.717, 1.165) is 6.54 Å². The normalized spacial score (nSPS) is 10.9. The van der Waals surface area contributed by atoms with E-state index in [0.29, 0.717) is 18.0 Å². The molecule has 1 aromatic rings. The molecule has 1 rings (SSSR count). The number of benzene rings is 1. The van der Waals surface area contributed by atoms with Crippen LogP contribution in [0.25, 0.3) is 0 Å². The van der Waals surface area contributed by atoms with Gasteiger partial charge in [-0.25, -0.2) is 4.39 Å². The van der Waals surface area contributed by atoms with E-state index >= 15 is 0 Å². The molecule has 0 spiro atoms. The standard InChI is InChI=1S/C11H17FN2/c1-8(2)6-14-7-9-4-3-5-10(13)11(9)12/h3-5,8,14H,6-7,13H2,1-2H3. The number of nitrogens with two attached hydrogens (primary N) is 1. The van der Waals surface area contributed by atoms with Crippen LogP contribution in [0.4, 0.5) is 10.1 Å². The number of anilines is 1. The lowest BCUT2D eigenvalue weighted by atomic mass is 10.1. The maximum atomic E-state index is 13.4. The Labute approximate surface area is 84.3 Å². The Morgan fingerprint density at radius 3 is 2.79 bits per heavy atom. The summed E-state index contributed by atoms with van der Waals surface area (Å²) < 4.78 is 13.4. The number of hydrogen-bond acceptors (Lipinski definition) is 2. The first-order chi connectivity index (χ1) is 6.61. The number of nitrogens with one attached hydrogen (secondary N) is 1. The summed E-state index contributed by atoms with van der Waals surface area (Å²) in [6.45, 7) is 5.65. The van der Waals surface area contributed by atoms with E-state index in [1.54, 1.807) is 18.2 Å². The van der Waals surface area contributed by atoms with Crippen molar-refractivity contribution in [2.75, 3.05) is 12.3 Å². The van der Waals surface area contributed by atoms with Crippen LogP contribution in [0.5, 0.6) is 0 Å². The third kappa shape index (κ3) is 3.00. The zero-order valence-corrected chi connectivity index (χ0v) is 8.68. The van der Waals surface area contributed by atoms with Crippen molar-refractivity contribution in [3.8, 4) is 0 Å². The second-order valence-corrected chi connectivity index (χ2v) is 3.85. The molecule has 1 aromatic carbocycles. The fourth-order valence-electron chi connectivity index (χ4n) is 1.23. The van der Waals surface area contributed by atoms with Gasteiger partial charge in [-0.1, -0.05) is 26.0 Å². The predicted octanol–water partition coefficient (Wildman–Crippen LogP) is 2.15. The first kappa shape index (κ1) is 11.0. The van der Waals surface area contributed by atoms with Gasteiger partial charge in [0.1, 0.15) is 0 Å². The molecule has 3 N–H and O–H groups in total. The third-order valence-electron chi connectivity index (χ3n) is 1.98. The van der Waals surface area contributed by atoms with Crippen molar-refractivity contribution in [1.29, 1.82) is 0 Å². The lowest BCUT2D eigenvalue weighted by Gasteiger charge is -2.08. The van der Waals surface area contributed by atoms with E-state index in [4.69, 9.17) is 5.73 Å². The summed E-state index contributed by atoms with van der Waals surface area (Å²) in [4.78, 5) is 0. The SMILES string of the molecule is CC(C)CNCc1cccc(N)c1F. The molecule has 0 aromatic heterocycles. The first-order valence-electron chi connectivity index (χ1n) is 4.85. The Morgan fingerprint density at radius 2 is 2.14 bits per heavy atom. The molecule has 0 radical (unpaired) electrons. The highest BCUT2D eigenvalue weighted by Gasteiger charge is 2.04. The molecule has 14 heavy (non-hydrogen) atoms. The van der Waals surface area contributed by atoms with Gasteiger partial charge in [0.25, 0.3) is 0 Å². The predicted molar refractivity (Wildman–Crippen MR) is 57.4 cm³/mol. The Balaban J connectivity index is 2.54. The Hall–Kier alpha value is -1.09. The summed E-state index contributed by atoms with van der Waals surface area (Å²) in [6.07, 6.45) is 0. The Bertz CT molecular complexity index is 297. The molecule has 0 atom stereocenters. The minimum Gasteiger partial charge on any atom is -0.396 e. The van der Waals surface area contributed by atoms with E-state index in [1.807, 2.05) is 0 Å². The van der Waals surface area contributed by atoms with Gasteiger partial charge in [-0.2, -0.15) is 0 Å². The fraction of sp³-hybridized carbons (Fsp3) is 0.455. The highest BCUT2D eigenvalue weighted by Crippen LogP contribution is 2.14. The molecule has 0 heterocycles. The van der Waals surface area contributed by atoms with Crippen LogP contribution in [0.3, 0.4) is 0 Å². The van der Waals surface area contributed by atoms with Crippen LogP contribution in [0.2, 0.25) is 0 Å². The monoisotopic (exact) mass is 196 g/mol. The maximum Gasteiger partial charge on any atom is 0.150 e. The molecule has 0 aliphatic heterocycles. The quantitative estimate of drug-likeness (QED) is 0.724. The molecule has 0 unspecified atom stereocenters. The number of rotatable bonds is 4. The summed E-state index contributed by atoms with van der Waals surface area (Å²) in [5.74, 6) is 0.267. The van der Waals surface area contributed by atoms with Crippen molar-refractivity contribution in [2.45, 2.75) is 20.4 Å². The summed E-state index contributed by atoms with van der Waals surface area (Å²) in [5.41, 5.74) is 6.30. The molecule has 0 fully saturated rings. The number of halogens is 1. The molecule has 0 bridgehead atoms. The van der Waals surface area contributed by atoms with Gasteiger partial charge in [0.2, 0.25) is 0 Å². The summed E-state index contributed by atoms with van der Waals surface area (Å²) in [7, 11) is 0. The van der Waals surface area contributed by atoms with E-state index < -0.39 is 0 Å². The molecule has 78 valence electrons. The van der Waals surface area contributed by atoms with Crippen molar-refractivity contribution < 1.29 is 4.39 Å². The van der Waals surface area contributed by atoms with E-state index in [1.165, 1.54) is 0 Å². The molecule has 0 amide bonds. The van der Waals surface area contributed by atoms with Crippen LogP contribution in [0.15, 0.2) is 18.2 Å². The lowest BCUT2D eigenvalue weighted by Crippen LogP contribution is -2.19. The van der Waals surface area contributed by atoms with Crippen molar-refractivity contribution >= 4 is 5.69 Å². The van der Waals surface area contributed by atoms with Crippen LogP contribution in [-0.2, 0) is 6.54 Å². The second-order valence-electron chi connectivity index (χ2n) is 3.85. The van der Waals surface area contributed by atoms with Crippen LogP contribution in [-0.4, -0.2) is 6.54 Å². The zero-order valence-electron chi connectivity index (χ0n) is 8.68. The van der Waals surface area contributed by atoms with Gasteiger partial charge < -0.3 is 11.1 Å². The average Bonchev–Trinajstić information content (AvgIpc) is 2.12. The average molecular weight is 196 g/mol. The largest absolute Gasteiger partial charge is 0.396 e. The van der Waals surface area contributed by atoms with Gasteiger partial charge in [-0.3, -0.25) is 0 Å². The molecule has 3 heteroatoms. The molecular formula is C11H17FN2. The third-order valence-corrected chi connectivity index (χ3v) is 1.98. The summed E-state index contributed by atoms with van der Waals surface area (Å²) in [5, 5.41) is 3.17. The lowest BCUT2D eigenvalue weighted by molar-refractivity contribution is 0.536. The van der Waals surface area contributed by atoms with E-state index in [9.17, 15) is 4.39 Å². The van der Waals surface area contributed by atoms with Gasteiger partial charge in [0.05, 0.1) is 5.69 Å². The first-order valence-corrected chi connectivity index (χ1v) is 4.85. The van der Waals surface area contributed by atoms with Crippen molar-refractivity contribution in [1.82, 2.24) is 5.32 Å². The molecular weight excluding hydrogens is 179 g/mol. The van der Waals surface area contributed by atoms with Crippen molar-refractivity contribution in [2.24, 2.45) is 5.92 Å².